The number of carbonyl (C=O) groups excluding carboxylic acids is 1. The first kappa shape index (κ1) is 20.1. The second kappa shape index (κ2) is 8.66. The summed E-state index contributed by atoms with van der Waals surface area (Å²) in [6.45, 7) is 1.87. The zero-order valence-corrected chi connectivity index (χ0v) is 17.2. The van der Waals surface area contributed by atoms with E-state index < -0.39 is 4.92 Å². The van der Waals surface area contributed by atoms with E-state index >= 15 is 0 Å². The first-order valence-electron chi connectivity index (χ1n) is 9.70. The minimum atomic E-state index is -0.430. The Morgan fingerprint density at radius 1 is 1.20 bits per heavy atom. The average Bonchev–Trinajstić information content (AvgIpc) is 3.52. The Labute approximate surface area is 177 Å². The third kappa shape index (κ3) is 4.51. The Balaban J connectivity index is 1.64. The predicted molar refractivity (Wildman–Crippen MR) is 113 cm³/mol. The molecular weight excluding hydrogens is 402 g/mol. The number of non-ortho nitro benzene ring substituents is 1. The number of nitro benzene ring substituents is 1. The van der Waals surface area contributed by atoms with E-state index in [1.54, 1.807) is 12.1 Å². The summed E-state index contributed by atoms with van der Waals surface area (Å²) in [5.41, 5.74) is 1.88. The van der Waals surface area contributed by atoms with Gasteiger partial charge in [-0.3, -0.25) is 19.5 Å². The van der Waals surface area contributed by atoms with Crippen molar-refractivity contribution < 1.29 is 9.72 Å². The van der Waals surface area contributed by atoms with Crippen LogP contribution in [0.4, 0.5) is 5.69 Å². The van der Waals surface area contributed by atoms with Gasteiger partial charge >= 0.3 is 0 Å². The highest BCUT2D eigenvalue weighted by atomic mass is 32.2. The van der Waals surface area contributed by atoms with Crippen LogP contribution >= 0.6 is 11.8 Å². The summed E-state index contributed by atoms with van der Waals surface area (Å²) < 4.78 is 1.86. The van der Waals surface area contributed by atoms with Crippen molar-refractivity contribution in [3.8, 4) is 5.69 Å². The molecule has 4 rings (SSSR count). The molecule has 0 saturated heterocycles. The van der Waals surface area contributed by atoms with E-state index in [2.05, 4.69) is 15.5 Å². The average molecular weight is 423 g/mol. The molecule has 9 heteroatoms. The van der Waals surface area contributed by atoms with Crippen LogP contribution in [0.1, 0.15) is 37.2 Å². The van der Waals surface area contributed by atoms with E-state index in [9.17, 15) is 14.9 Å². The Hall–Kier alpha value is -3.20. The molecule has 3 aromatic rings. The highest BCUT2D eigenvalue weighted by molar-refractivity contribution is 7.98. The Kier molecular flexibility index (Phi) is 5.80. The van der Waals surface area contributed by atoms with Gasteiger partial charge in [0.15, 0.2) is 11.0 Å². The number of nitro groups is 1. The van der Waals surface area contributed by atoms with Crippen LogP contribution in [-0.4, -0.2) is 25.6 Å². The van der Waals surface area contributed by atoms with Crippen LogP contribution in [0.5, 0.6) is 0 Å². The zero-order valence-electron chi connectivity index (χ0n) is 16.4. The lowest BCUT2D eigenvalue weighted by Gasteiger charge is -2.16. The maximum absolute atomic E-state index is 12.2. The summed E-state index contributed by atoms with van der Waals surface area (Å²) in [6.07, 6.45) is 1.84. The van der Waals surface area contributed by atoms with Gasteiger partial charge in [0.2, 0.25) is 5.91 Å². The maximum atomic E-state index is 12.2. The van der Waals surface area contributed by atoms with Gasteiger partial charge in [0.05, 0.1) is 11.0 Å². The Morgan fingerprint density at radius 2 is 1.90 bits per heavy atom. The number of aromatic nitrogens is 3. The molecule has 30 heavy (non-hydrogen) atoms. The summed E-state index contributed by atoms with van der Waals surface area (Å²) >= 11 is 1.52. The van der Waals surface area contributed by atoms with Gasteiger partial charge in [0, 0.05) is 29.5 Å². The van der Waals surface area contributed by atoms with Crippen molar-refractivity contribution in [3.05, 3.63) is 76.1 Å². The molecule has 1 amide bonds. The summed E-state index contributed by atoms with van der Waals surface area (Å²) in [4.78, 5) is 22.8. The van der Waals surface area contributed by atoms with Gasteiger partial charge in [0.25, 0.3) is 5.69 Å². The van der Waals surface area contributed by atoms with Crippen LogP contribution in [0.2, 0.25) is 0 Å². The number of hydrogen-bond acceptors (Lipinski definition) is 6. The molecular formula is C21H21N5O3S. The number of thioether (sulfide) groups is 1. The van der Waals surface area contributed by atoms with Crippen LogP contribution in [-0.2, 0) is 10.5 Å². The minimum absolute atomic E-state index is 0.0157. The lowest BCUT2D eigenvalue weighted by atomic mass is 10.2. The number of carbonyl (C=O) groups is 1. The molecule has 8 nitrogen and oxygen atoms in total. The minimum Gasteiger partial charge on any atom is -0.346 e. The highest BCUT2D eigenvalue weighted by Crippen LogP contribution is 2.31. The molecule has 154 valence electrons. The second-order valence-electron chi connectivity index (χ2n) is 7.23. The van der Waals surface area contributed by atoms with E-state index in [1.807, 2.05) is 41.8 Å². The first-order valence-corrected chi connectivity index (χ1v) is 10.7. The quantitative estimate of drug-likeness (QED) is 0.333. The van der Waals surface area contributed by atoms with Crippen LogP contribution in [0.3, 0.4) is 0 Å². The summed E-state index contributed by atoms with van der Waals surface area (Å²) in [5, 5.41) is 23.4. The Morgan fingerprint density at radius 3 is 2.53 bits per heavy atom. The summed E-state index contributed by atoms with van der Waals surface area (Å²) in [6, 6.07) is 15.9. The van der Waals surface area contributed by atoms with Crippen molar-refractivity contribution in [2.75, 3.05) is 0 Å². The molecule has 1 atom stereocenters. The number of hydrogen-bond donors (Lipinski definition) is 1. The lowest BCUT2D eigenvalue weighted by molar-refractivity contribution is -0.384. The summed E-state index contributed by atoms with van der Waals surface area (Å²) in [7, 11) is 0. The predicted octanol–water partition coefficient (Wildman–Crippen LogP) is 4.06. The number of benzene rings is 2. The van der Waals surface area contributed by atoms with Crippen LogP contribution in [0.25, 0.3) is 5.69 Å². The van der Waals surface area contributed by atoms with Gasteiger partial charge < -0.3 is 5.32 Å². The van der Waals surface area contributed by atoms with Crippen molar-refractivity contribution >= 4 is 23.4 Å². The molecule has 0 bridgehead atoms. The fourth-order valence-electron chi connectivity index (χ4n) is 3.08. The molecule has 1 N–H and O–H groups in total. The van der Waals surface area contributed by atoms with Gasteiger partial charge in [-0.05, 0) is 37.5 Å². The van der Waals surface area contributed by atoms with Gasteiger partial charge in [-0.1, -0.05) is 42.1 Å². The first-order chi connectivity index (χ1) is 14.5. The lowest BCUT2D eigenvalue weighted by Crippen LogP contribution is -2.29. The van der Waals surface area contributed by atoms with E-state index in [4.69, 9.17) is 0 Å². The largest absolute Gasteiger partial charge is 0.346 e. The number of nitrogens with one attached hydrogen (secondary N) is 1. The molecule has 1 aliphatic rings. The molecule has 1 fully saturated rings. The topological polar surface area (TPSA) is 103 Å². The van der Waals surface area contributed by atoms with Gasteiger partial charge in [-0.15, -0.1) is 10.2 Å². The fraction of sp³-hybridized carbons (Fsp3) is 0.286. The van der Waals surface area contributed by atoms with Crippen molar-refractivity contribution in [1.29, 1.82) is 0 Å². The fourth-order valence-corrected chi connectivity index (χ4v) is 4.00. The third-order valence-corrected chi connectivity index (χ3v) is 5.88. The highest BCUT2D eigenvalue weighted by Gasteiger charge is 2.31. The molecule has 2 aromatic carbocycles. The smallest absolute Gasteiger partial charge is 0.269 e. The molecule has 1 aliphatic carbocycles. The van der Waals surface area contributed by atoms with E-state index in [-0.39, 0.29) is 23.6 Å². The van der Waals surface area contributed by atoms with Crippen molar-refractivity contribution in [2.24, 2.45) is 5.92 Å². The molecule has 1 heterocycles. The number of nitrogens with zero attached hydrogens (tertiary/aromatic N) is 4. The molecule has 0 aliphatic heterocycles. The van der Waals surface area contributed by atoms with Crippen molar-refractivity contribution in [1.82, 2.24) is 20.1 Å². The monoisotopic (exact) mass is 423 g/mol. The molecule has 0 radical (unpaired) electrons. The normalized spacial score (nSPS) is 14.3. The summed E-state index contributed by atoms with van der Waals surface area (Å²) in [5.74, 6) is 1.41. The van der Waals surface area contributed by atoms with Crippen LogP contribution in [0.15, 0.2) is 59.8 Å². The molecule has 0 spiro atoms. The number of amides is 1. The van der Waals surface area contributed by atoms with E-state index in [0.717, 1.165) is 18.4 Å². The van der Waals surface area contributed by atoms with E-state index in [0.29, 0.717) is 22.4 Å². The van der Waals surface area contributed by atoms with Crippen molar-refractivity contribution in [2.45, 2.75) is 36.7 Å². The maximum Gasteiger partial charge on any atom is 0.269 e. The SMILES string of the molecule is CC(NC(=O)C1CC1)c1nnc(SCc2ccccc2)n1-c1ccc([N+](=O)[O-])cc1. The molecule has 1 unspecified atom stereocenters. The second-order valence-corrected chi connectivity index (χ2v) is 8.17. The standard InChI is InChI=1S/C21H21N5O3S/c1-14(22-20(27)16-7-8-16)19-23-24-21(30-13-15-5-3-2-4-6-15)25(19)17-9-11-18(12-10-17)26(28)29/h2-6,9-12,14,16H,7-8,13H2,1H3,(H,22,27). The Bertz CT molecular complexity index is 1050. The molecule has 1 aromatic heterocycles. The number of rotatable bonds is 8. The van der Waals surface area contributed by atoms with Gasteiger partial charge in [-0.25, -0.2) is 0 Å². The third-order valence-electron chi connectivity index (χ3n) is 4.88. The van der Waals surface area contributed by atoms with E-state index in [1.165, 1.54) is 23.9 Å². The molecule has 1 saturated carbocycles. The van der Waals surface area contributed by atoms with Crippen molar-refractivity contribution in [3.63, 3.8) is 0 Å². The zero-order chi connectivity index (χ0) is 21.1. The van der Waals surface area contributed by atoms with Crippen LogP contribution < -0.4 is 5.32 Å². The van der Waals surface area contributed by atoms with Gasteiger partial charge in [-0.2, -0.15) is 0 Å². The van der Waals surface area contributed by atoms with Crippen LogP contribution in [0, 0.1) is 16.0 Å². The van der Waals surface area contributed by atoms with Gasteiger partial charge in [0.1, 0.15) is 0 Å².